The summed E-state index contributed by atoms with van der Waals surface area (Å²) < 4.78 is 7.73. The summed E-state index contributed by atoms with van der Waals surface area (Å²) in [6, 6.07) is 20.2. The van der Waals surface area contributed by atoms with Gasteiger partial charge in [0.15, 0.2) is 0 Å². The van der Waals surface area contributed by atoms with Crippen molar-refractivity contribution in [2.45, 2.75) is 45.6 Å². The van der Waals surface area contributed by atoms with Crippen LogP contribution in [0.4, 0.5) is 0 Å². The van der Waals surface area contributed by atoms with Crippen molar-refractivity contribution in [3.63, 3.8) is 0 Å². The Kier molecular flexibility index (Phi) is 5.61. The maximum Gasteiger partial charge on any atom is 0.132 e. The van der Waals surface area contributed by atoms with Crippen LogP contribution in [0.5, 0.6) is 5.75 Å². The van der Waals surface area contributed by atoms with Crippen LogP contribution < -0.4 is 4.74 Å². The van der Waals surface area contributed by atoms with Crippen molar-refractivity contribution in [1.82, 2.24) is 9.78 Å². The minimum absolute atomic E-state index is 0.160. The van der Waals surface area contributed by atoms with Gasteiger partial charge < -0.3 is 4.74 Å². The zero-order chi connectivity index (χ0) is 19.3. The first-order chi connectivity index (χ1) is 13.0. The molecule has 27 heavy (non-hydrogen) atoms. The second-order valence-corrected chi connectivity index (χ2v) is 7.31. The van der Waals surface area contributed by atoms with Crippen molar-refractivity contribution in [2.75, 3.05) is 0 Å². The van der Waals surface area contributed by atoms with Gasteiger partial charge in [0.2, 0.25) is 0 Å². The number of hydrogen-bond donors (Lipinski definition) is 0. The maximum atomic E-state index is 9.39. The minimum Gasteiger partial charge on any atom is -0.487 e. The highest BCUT2D eigenvalue weighted by Gasteiger charge is 2.19. The number of ether oxygens (including phenoxy) is 1. The Hall–Kier alpha value is -3.06. The number of nitriles is 1. The molecule has 0 spiro atoms. The third-order valence-corrected chi connectivity index (χ3v) is 4.88. The molecule has 0 aliphatic carbocycles. The summed E-state index contributed by atoms with van der Waals surface area (Å²) in [5, 5.41) is 13.7. The van der Waals surface area contributed by atoms with Crippen molar-refractivity contribution in [3.05, 3.63) is 77.6 Å². The van der Waals surface area contributed by atoms with Crippen molar-refractivity contribution < 1.29 is 4.74 Å². The second kappa shape index (κ2) is 8.09. The van der Waals surface area contributed by atoms with Gasteiger partial charge in [-0.25, -0.2) is 4.68 Å². The third-order valence-electron chi connectivity index (χ3n) is 4.88. The molecule has 0 bridgehead atoms. The summed E-state index contributed by atoms with van der Waals surface area (Å²) >= 11 is 0. The molecule has 0 atom stereocenters. The van der Waals surface area contributed by atoms with Crippen LogP contribution in [0.1, 0.15) is 50.4 Å². The van der Waals surface area contributed by atoms with Crippen LogP contribution in [0, 0.1) is 11.3 Å². The Morgan fingerprint density at radius 2 is 1.78 bits per heavy atom. The lowest BCUT2D eigenvalue weighted by molar-refractivity contribution is 0.297. The monoisotopic (exact) mass is 359 g/mol. The van der Waals surface area contributed by atoms with Crippen LogP contribution in [0.25, 0.3) is 5.69 Å². The summed E-state index contributed by atoms with van der Waals surface area (Å²) in [6.45, 7) is 7.03. The van der Waals surface area contributed by atoms with Crippen molar-refractivity contribution in [2.24, 2.45) is 0 Å². The SMILES string of the molecule is CCCC(C)(C)c1ccc(OCc2c(C#N)cnn2-c2ccccc2)cc1. The van der Waals surface area contributed by atoms with Crippen molar-refractivity contribution >= 4 is 0 Å². The molecule has 0 saturated heterocycles. The van der Waals surface area contributed by atoms with E-state index in [9.17, 15) is 5.26 Å². The molecule has 3 aromatic rings. The molecule has 2 aromatic carbocycles. The lowest BCUT2D eigenvalue weighted by atomic mass is 9.81. The third kappa shape index (κ3) is 4.20. The molecule has 0 saturated carbocycles. The van der Waals surface area contributed by atoms with E-state index in [-0.39, 0.29) is 12.0 Å². The fraction of sp³-hybridized carbons (Fsp3) is 0.304. The van der Waals surface area contributed by atoms with Gasteiger partial charge in [-0.2, -0.15) is 10.4 Å². The molecule has 138 valence electrons. The van der Waals surface area contributed by atoms with Crippen LogP contribution in [0.2, 0.25) is 0 Å². The van der Waals surface area contributed by atoms with E-state index in [1.807, 2.05) is 42.5 Å². The Morgan fingerprint density at radius 3 is 2.41 bits per heavy atom. The number of hydrogen-bond acceptors (Lipinski definition) is 3. The van der Waals surface area contributed by atoms with E-state index in [0.717, 1.165) is 30.0 Å². The van der Waals surface area contributed by atoms with Gasteiger partial charge in [0.1, 0.15) is 18.4 Å². The lowest BCUT2D eigenvalue weighted by Crippen LogP contribution is -2.16. The quantitative estimate of drug-likeness (QED) is 0.567. The van der Waals surface area contributed by atoms with Gasteiger partial charge >= 0.3 is 0 Å². The smallest absolute Gasteiger partial charge is 0.132 e. The lowest BCUT2D eigenvalue weighted by Gasteiger charge is -2.24. The van der Waals surface area contributed by atoms with Gasteiger partial charge in [0.05, 0.1) is 23.1 Å². The highest BCUT2D eigenvalue weighted by atomic mass is 16.5. The fourth-order valence-corrected chi connectivity index (χ4v) is 3.32. The Balaban J connectivity index is 1.78. The zero-order valence-electron chi connectivity index (χ0n) is 16.1. The molecular formula is C23H25N3O. The topological polar surface area (TPSA) is 50.8 Å². The summed E-state index contributed by atoms with van der Waals surface area (Å²) in [4.78, 5) is 0. The average molecular weight is 359 g/mol. The van der Waals surface area contributed by atoms with Crippen LogP contribution in [0.3, 0.4) is 0 Å². The Bertz CT molecular complexity index is 919. The average Bonchev–Trinajstić information content (AvgIpc) is 3.10. The first-order valence-corrected chi connectivity index (χ1v) is 9.31. The number of nitrogens with zero attached hydrogens (tertiary/aromatic N) is 3. The molecule has 4 nitrogen and oxygen atoms in total. The number of aromatic nitrogens is 2. The minimum atomic E-state index is 0.160. The Morgan fingerprint density at radius 1 is 1.07 bits per heavy atom. The molecule has 0 unspecified atom stereocenters. The van der Waals surface area contributed by atoms with Crippen LogP contribution >= 0.6 is 0 Å². The molecule has 4 heteroatoms. The van der Waals surface area contributed by atoms with Gasteiger partial charge in [0.25, 0.3) is 0 Å². The standard InChI is InChI=1S/C23H25N3O/c1-4-14-23(2,3)19-10-12-21(13-11-19)27-17-22-18(15-24)16-25-26(22)20-8-6-5-7-9-20/h5-13,16H,4,14,17H2,1-3H3. The number of para-hydroxylation sites is 1. The molecule has 0 amide bonds. The van der Waals surface area contributed by atoms with E-state index in [1.165, 1.54) is 5.56 Å². The van der Waals surface area contributed by atoms with Gasteiger partial charge in [-0.05, 0) is 41.7 Å². The van der Waals surface area contributed by atoms with Crippen LogP contribution in [-0.4, -0.2) is 9.78 Å². The molecular weight excluding hydrogens is 334 g/mol. The van der Waals surface area contributed by atoms with E-state index in [2.05, 4.69) is 44.1 Å². The fourth-order valence-electron chi connectivity index (χ4n) is 3.32. The number of benzene rings is 2. The summed E-state index contributed by atoms with van der Waals surface area (Å²) in [5.41, 5.74) is 3.66. The summed E-state index contributed by atoms with van der Waals surface area (Å²) in [6.07, 6.45) is 3.89. The molecule has 0 aliphatic heterocycles. The predicted molar refractivity (Wildman–Crippen MR) is 107 cm³/mol. The van der Waals surface area contributed by atoms with Gasteiger partial charge in [-0.3, -0.25) is 0 Å². The molecule has 0 fully saturated rings. The predicted octanol–water partition coefficient (Wildman–Crippen LogP) is 5.40. The zero-order valence-corrected chi connectivity index (χ0v) is 16.1. The van der Waals surface area contributed by atoms with Gasteiger partial charge in [-0.15, -0.1) is 0 Å². The molecule has 0 N–H and O–H groups in total. The highest BCUT2D eigenvalue weighted by Crippen LogP contribution is 2.29. The molecule has 1 heterocycles. The maximum absolute atomic E-state index is 9.39. The van der Waals surface area contributed by atoms with E-state index in [1.54, 1.807) is 10.9 Å². The van der Waals surface area contributed by atoms with E-state index in [0.29, 0.717) is 5.56 Å². The van der Waals surface area contributed by atoms with Gasteiger partial charge in [-0.1, -0.05) is 57.5 Å². The largest absolute Gasteiger partial charge is 0.487 e. The summed E-state index contributed by atoms with van der Waals surface area (Å²) in [5.74, 6) is 0.788. The summed E-state index contributed by atoms with van der Waals surface area (Å²) in [7, 11) is 0. The van der Waals surface area contributed by atoms with Crippen LogP contribution in [0.15, 0.2) is 60.8 Å². The van der Waals surface area contributed by atoms with Crippen molar-refractivity contribution in [1.29, 1.82) is 5.26 Å². The van der Waals surface area contributed by atoms with Crippen LogP contribution in [-0.2, 0) is 12.0 Å². The van der Waals surface area contributed by atoms with Crippen molar-refractivity contribution in [3.8, 4) is 17.5 Å². The van der Waals surface area contributed by atoms with E-state index in [4.69, 9.17) is 4.74 Å². The van der Waals surface area contributed by atoms with E-state index < -0.39 is 0 Å². The van der Waals surface area contributed by atoms with Gasteiger partial charge in [0, 0.05) is 0 Å². The highest BCUT2D eigenvalue weighted by molar-refractivity contribution is 5.40. The molecule has 0 aliphatic rings. The second-order valence-electron chi connectivity index (χ2n) is 7.31. The number of rotatable bonds is 7. The normalized spacial score (nSPS) is 11.2. The molecule has 0 radical (unpaired) electrons. The molecule has 1 aromatic heterocycles. The van der Waals surface area contributed by atoms with E-state index >= 15 is 0 Å². The Labute approximate surface area is 161 Å². The first-order valence-electron chi connectivity index (χ1n) is 9.31. The molecule has 3 rings (SSSR count). The first kappa shape index (κ1) is 18.7.